The van der Waals surface area contributed by atoms with Crippen molar-refractivity contribution in [2.75, 3.05) is 19.6 Å². The van der Waals surface area contributed by atoms with Crippen LogP contribution in [-0.2, 0) is 4.79 Å². The number of hydrogen-bond acceptors (Lipinski definition) is 5. The van der Waals surface area contributed by atoms with Crippen molar-refractivity contribution < 1.29 is 14.7 Å². The van der Waals surface area contributed by atoms with Gasteiger partial charge in [0.2, 0.25) is 5.91 Å². The number of aliphatic hydroxyl groups excluding tert-OH is 1. The van der Waals surface area contributed by atoms with Gasteiger partial charge in [-0.1, -0.05) is 19.3 Å². The predicted molar refractivity (Wildman–Crippen MR) is 113 cm³/mol. The van der Waals surface area contributed by atoms with E-state index in [4.69, 9.17) is 5.10 Å². The molecule has 1 aliphatic heterocycles. The van der Waals surface area contributed by atoms with Crippen molar-refractivity contribution >= 4 is 33.4 Å². The second kappa shape index (κ2) is 8.83. The molecular formula is C21H30N4O3S. The number of aliphatic hydroxyl groups is 1. The molecule has 7 nitrogen and oxygen atoms in total. The second-order valence-electron chi connectivity index (χ2n) is 8.27. The van der Waals surface area contributed by atoms with E-state index in [2.05, 4.69) is 10.00 Å². The standard InChI is InChI=1S/C21H30N4O3S/c1-14-17-13-18(29-21(17)25(23-14)15-5-3-2-4-6-15)20(28)22-10-7-19(27)24-11-8-16(26)9-12-24/h13,15-16,26H,2-12H2,1H3,(H,22,28). The number of rotatable bonds is 5. The van der Waals surface area contributed by atoms with Gasteiger partial charge in [-0.2, -0.15) is 5.10 Å². The number of carbonyl (C=O) groups excluding carboxylic acids is 2. The van der Waals surface area contributed by atoms with Crippen molar-refractivity contribution in [2.45, 2.75) is 70.4 Å². The van der Waals surface area contributed by atoms with E-state index in [1.165, 1.54) is 30.6 Å². The Morgan fingerprint density at radius 1 is 1.21 bits per heavy atom. The van der Waals surface area contributed by atoms with E-state index in [0.29, 0.717) is 49.8 Å². The molecule has 2 amide bonds. The van der Waals surface area contributed by atoms with E-state index < -0.39 is 0 Å². The summed E-state index contributed by atoms with van der Waals surface area (Å²) in [5, 5.41) is 18.2. The molecule has 0 unspecified atom stereocenters. The van der Waals surface area contributed by atoms with Crippen molar-refractivity contribution in [3.63, 3.8) is 0 Å². The van der Waals surface area contributed by atoms with Crippen LogP contribution >= 0.6 is 11.3 Å². The van der Waals surface area contributed by atoms with Gasteiger partial charge >= 0.3 is 0 Å². The van der Waals surface area contributed by atoms with E-state index in [-0.39, 0.29) is 17.9 Å². The second-order valence-corrected chi connectivity index (χ2v) is 9.30. The minimum Gasteiger partial charge on any atom is -0.393 e. The van der Waals surface area contributed by atoms with Gasteiger partial charge in [0.15, 0.2) is 0 Å². The van der Waals surface area contributed by atoms with E-state index in [1.807, 2.05) is 13.0 Å². The average molecular weight is 419 g/mol. The number of fused-ring (bicyclic) bond motifs is 1. The summed E-state index contributed by atoms with van der Waals surface area (Å²) in [7, 11) is 0. The van der Waals surface area contributed by atoms with Gasteiger partial charge in [0, 0.05) is 31.4 Å². The Bertz CT molecular complexity index is 876. The Morgan fingerprint density at radius 2 is 1.93 bits per heavy atom. The minimum absolute atomic E-state index is 0.0392. The molecule has 29 heavy (non-hydrogen) atoms. The molecule has 0 bridgehead atoms. The van der Waals surface area contributed by atoms with Crippen LogP contribution in [0.1, 0.15) is 72.8 Å². The molecule has 2 N–H and O–H groups in total. The van der Waals surface area contributed by atoms with Crippen LogP contribution in [-0.4, -0.2) is 57.3 Å². The van der Waals surface area contributed by atoms with Gasteiger partial charge < -0.3 is 15.3 Å². The molecule has 2 aromatic heterocycles. The van der Waals surface area contributed by atoms with E-state index in [0.717, 1.165) is 28.8 Å². The van der Waals surface area contributed by atoms with Crippen molar-refractivity contribution in [1.82, 2.24) is 20.0 Å². The van der Waals surface area contributed by atoms with Gasteiger partial charge in [-0.25, -0.2) is 0 Å². The highest BCUT2D eigenvalue weighted by atomic mass is 32.1. The first-order valence-corrected chi connectivity index (χ1v) is 11.6. The zero-order chi connectivity index (χ0) is 20.4. The molecule has 1 aliphatic carbocycles. The number of nitrogens with one attached hydrogen (secondary N) is 1. The molecule has 2 aliphatic rings. The summed E-state index contributed by atoms with van der Waals surface area (Å²) in [5.41, 5.74) is 0.975. The van der Waals surface area contributed by atoms with Crippen molar-refractivity contribution in [1.29, 1.82) is 0 Å². The molecule has 1 saturated carbocycles. The van der Waals surface area contributed by atoms with Crippen LogP contribution in [0.4, 0.5) is 0 Å². The Hall–Kier alpha value is -1.93. The molecule has 0 spiro atoms. The predicted octanol–water partition coefficient (Wildman–Crippen LogP) is 3.01. The van der Waals surface area contributed by atoms with Gasteiger partial charge in [-0.15, -0.1) is 11.3 Å². The highest BCUT2D eigenvalue weighted by molar-refractivity contribution is 7.20. The number of aromatic nitrogens is 2. The zero-order valence-corrected chi connectivity index (χ0v) is 17.8. The summed E-state index contributed by atoms with van der Waals surface area (Å²) in [6.07, 6.45) is 7.38. The minimum atomic E-state index is -0.292. The van der Waals surface area contributed by atoms with Crippen LogP contribution < -0.4 is 5.32 Å². The Labute approximate surface area is 175 Å². The third kappa shape index (κ3) is 4.48. The molecule has 0 atom stereocenters. The fourth-order valence-corrected chi connectivity index (χ4v) is 5.55. The first-order chi connectivity index (χ1) is 14.0. The lowest BCUT2D eigenvalue weighted by Crippen LogP contribution is -2.41. The Morgan fingerprint density at radius 3 is 2.66 bits per heavy atom. The van der Waals surface area contributed by atoms with Crippen LogP contribution in [0.15, 0.2) is 6.07 Å². The maximum absolute atomic E-state index is 12.6. The largest absolute Gasteiger partial charge is 0.393 e. The fourth-order valence-electron chi connectivity index (χ4n) is 4.40. The van der Waals surface area contributed by atoms with E-state index >= 15 is 0 Å². The van der Waals surface area contributed by atoms with Gasteiger partial charge in [0.25, 0.3) is 5.91 Å². The number of amides is 2. The highest BCUT2D eigenvalue weighted by Gasteiger charge is 2.23. The van der Waals surface area contributed by atoms with Crippen molar-refractivity contribution in [2.24, 2.45) is 0 Å². The number of aryl methyl sites for hydroxylation is 1. The molecular weight excluding hydrogens is 388 g/mol. The summed E-state index contributed by atoms with van der Waals surface area (Å²) in [5.74, 6) is -0.0833. The molecule has 2 aromatic rings. The molecule has 0 aromatic carbocycles. The number of likely N-dealkylation sites (tertiary alicyclic amines) is 1. The first kappa shape index (κ1) is 20.3. The zero-order valence-electron chi connectivity index (χ0n) is 17.0. The van der Waals surface area contributed by atoms with E-state index in [9.17, 15) is 14.7 Å². The molecule has 158 valence electrons. The number of carbonyl (C=O) groups is 2. The highest BCUT2D eigenvalue weighted by Crippen LogP contribution is 2.35. The number of nitrogens with zero attached hydrogens (tertiary/aromatic N) is 3. The maximum Gasteiger partial charge on any atom is 0.261 e. The van der Waals surface area contributed by atoms with Crippen molar-refractivity contribution in [3.05, 3.63) is 16.6 Å². The van der Waals surface area contributed by atoms with Crippen LogP contribution in [0, 0.1) is 6.92 Å². The SMILES string of the molecule is Cc1nn(C2CCCCC2)c2sc(C(=O)NCCC(=O)N3CCC(O)CC3)cc12. The lowest BCUT2D eigenvalue weighted by atomic mass is 9.96. The number of piperidine rings is 1. The third-order valence-electron chi connectivity index (χ3n) is 6.15. The first-order valence-electron chi connectivity index (χ1n) is 10.8. The summed E-state index contributed by atoms with van der Waals surface area (Å²) in [6, 6.07) is 2.38. The Kier molecular flexibility index (Phi) is 6.20. The molecule has 4 rings (SSSR count). The van der Waals surface area contributed by atoms with Gasteiger partial charge in [0.1, 0.15) is 4.83 Å². The molecule has 1 saturated heterocycles. The lowest BCUT2D eigenvalue weighted by Gasteiger charge is -2.29. The number of hydrogen-bond donors (Lipinski definition) is 2. The number of thiophene rings is 1. The molecule has 2 fully saturated rings. The van der Waals surface area contributed by atoms with Crippen molar-refractivity contribution in [3.8, 4) is 0 Å². The maximum atomic E-state index is 12.6. The third-order valence-corrected chi connectivity index (χ3v) is 7.28. The lowest BCUT2D eigenvalue weighted by molar-refractivity contribution is -0.133. The topological polar surface area (TPSA) is 87.5 Å². The average Bonchev–Trinajstić information content (AvgIpc) is 3.30. The van der Waals surface area contributed by atoms with E-state index in [1.54, 1.807) is 4.90 Å². The quantitative estimate of drug-likeness (QED) is 0.781. The van der Waals surface area contributed by atoms with Crippen LogP contribution in [0.3, 0.4) is 0 Å². The summed E-state index contributed by atoms with van der Waals surface area (Å²) in [4.78, 5) is 28.4. The molecule has 8 heteroatoms. The smallest absolute Gasteiger partial charge is 0.261 e. The van der Waals surface area contributed by atoms with Gasteiger partial charge in [-0.3, -0.25) is 14.3 Å². The van der Waals surface area contributed by atoms with Crippen LogP contribution in [0.2, 0.25) is 0 Å². The van der Waals surface area contributed by atoms with Gasteiger partial charge in [-0.05, 0) is 38.7 Å². The summed E-state index contributed by atoms with van der Waals surface area (Å²) in [6.45, 7) is 3.53. The monoisotopic (exact) mass is 418 g/mol. The van der Waals surface area contributed by atoms with Gasteiger partial charge in [0.05, 0.1) is 22.7 Å². The summed E-state index contributed by atoms with van der Waals surface area (Å²) >= 11 is 1.50. The summed E-state index contributed by atoms with van der Waals surface area (Å²) < 4.78 is 2.14. The van der Waals surface area contributed by atoms with Crippen LogP contribution in [0.25, 0.3) is 10.2 Å². The van der Waals surface area contributed by atoms with Crippen LogP contribution in [0.5, 0.6) is 0 Å². The Balaban J connectivity index is 1.35. The molecule has 3 heterocycles. The molecule has 0 radical (unpaired) electrons. The fraction of sp³-hybridized carbons (Fsp3) is 0.667. The normalized spacial score (nSPS) is 19.0.